The van der Waals surface area contributed by atoms with Crippen molar-refractivity contribution in [2.24, 2.45) is 0 Å². The minimum atomic E-state index is -3.52. The van der Waals surface area contributed by atoms with Gasteiger partial charge in [0, 0.05) is 0 Å². The van der Waals surface area contributed by atoms with Gasteiger partial charge in [-0.05, 0) is 43.2 Å². The van der Waals surface area contributed by atoms with Crippen molar-refractivity contribution < 1.29 is 17.9 Å². The standard InChI is InChI=1S/C17H19NO4S/c1-3-22-17(19)15-9-10-16(13(2)11-15)18-23(20,21)12-14-7-5-4-6-8-14/h4-11,18H,3,12H2,1-2H3. The molecule has 2 aromatic carbocycles. The third-order valence-corrected chi connectivity index (χ3v) is 4.45. The van der Waals surface area contributed by atoms with E-state index in [0.29, 0.717) is 29.0 Å². The molecule has 0 amide bonds. The fourth-order valence-corrected chi connectivity index (χ4v) is 3.38. The lowest BCUT2D eigenvalue weighted by Gasteiger charge is -2.12. The first kappa shape index (κ1) is 17.0. The summed E-state index contributed by atoms with van der Waals surface area (Å²) in [5.41, 5.74) is 2.22. The summed E-state index contributed by atoms with van der Waals surface area (Å²) in [6.07, 6.45) is 0. The van der Waals surface area contributed by atoms with E-state index in [9.17, 15) is 13.2 Å². The summed E-state index contributed by atoms with van der Waals surface area (Å²) in [5.74, 6) is -0.526. The Hall–Kier alpha value is -2.34. The van der Waals surface area contributed by atoms with Crippen LogP contribution in [0.1, 0.15) is 28.4 Å². The highest BCUT2D eigenvalue weighted by molar-refractivity contribution is 7.91. The van der Waals surface area contributed by atoms with Crippen molar-refractivity contribution in [3.05, 3.63) is 65.2 Å². The highest BCUT2D eigenvalue weighted by Gasteiger charge is 2.14. The number of nitrogens with one attached hydrogen (secondary N) is 1. The smallest absolute Gasteiger partial charge is 0.338 e. The van der Waals surface area contributed by atoms with Crippen molar-refractivity contribution in [1.82, 2.24) is 0 Å². The predicted molar refractivity (Wildman–Crippen MR) is 89.8 cm³/mol. The maximum atomic E-state index is 12.2. The van der Waals surface area contributed by atoms with Crippen LogP contribution < -0.4 is 4.72 Å². The number of esters is 1. The van der Waals surface area contributed by atoms with Crippen LogP contribution in [0.2, 0.25) is 0 Å². The molecule has 2 aromatic rings. The molecule has 0 radical (unpaired) electrons. The summed E-state index contributed by atoms with van der Waals surface area (Å²) in [6, 6.07) is 13.7. The molecule has 0 atom stereocenters. The van der Waals surface area contributed by atoms with Crippen molar-refractivity contribution >= 4 is 21.7 Å². The summed E-state index contributed by atoms with van der Waals surface area (Å²) in [4.78, 5) is 11.7. The molecule has 6 heteroatoms. The molecule has 0 saturated heterocycles. The summed E-state index contributed by atoms with van der Waals surface area (Å²) < 4.78 is 32.0. The second-order valence-electron chi connectivity index (χ2n) is 5.10. The Morgan fingerprint density at radius 1 is 1.13 bits per heavy atom. The molecule has 0 aliphatic carbocycles. The van der Waals surface area contributed by atoms with E-state index in [4.69, 9.17) is 4.74 Å². The first-order valence-corrected chi connectivity index (χ1v) is 8.88. The molecule has 0 spiro atoms. The number of hydrogen-bond acceptors (Lipinski definition) is 4. The van der Waals surface area contributed by atoms with Crippen LogP contribution in [0.15, 0.2) is 48.5 Å². The number of benzene rings is 2. The molecule has 0 aliphatic heterocycles. The minimum Gasteiger partial charge on any atom is -0.462 e. The van der Waals surface area contributed by atoms with Crippen LogP contribution in [0, 0.1) is 6.92 Å². The quantitative estimate of drug-likeness (QED) is 0.825. The first-order chi connectivity index (χ1) is 10.9. The van der Waals surface area contributed by atoms with Crippen LogP contribution >= 0.6 is 0 Å². The van der Waals surface area contributed by atoms with E-state index in [1.165, 1.54) is 0 Å². The third-order valence-electron chi connectivity index (χ3n) is 3.20. The number of hydrogen-bond donors (Lipinski definition) is 1. The Balaban J connectivity index is 2.15. The zero-order valence-electron chi connectivity index (χ0n) is 13.1. The van der Waals surface area contributed by atoms with E-state index in [0.717, 1.165) is 0 Å². The fourth-order valence-electron chi connectivity index (χ4n) is 2.12. The van der Waals surface area contributed by atoms with Gasteiger partial charge in [0.25, 0.3) is 0 Å². The molecule has 1 N–H and O–H groups in total. The van der Waals surface area contributed by atoms with Gasteiger partial charge in [-0.2, -0.15) is 0 Å². The molecule has 2 rings (SSSR count). The molecule has 0 heterocycles. The van der Waals surface area contributed by atoms with E-state index >= 15 is 0 Å². The Morgan fingerprint density at radius 3 is 2.43 bits per heavy atom. The highest BCUT2D eigenvalue weighted by Crippen LogP contribution is 2.20. The number of carbonyl (C=O) groups is 1. The van der Waals surface area contributed by atoms with Crippen LogP contribution in [0.4, 0.5) is 5.69 Å². The van der Waals surface area contributed by atoms with Crippen LogP contribution in [0.25, 0.3) is 0 Å². The summed E-state index contributed by atoms with van der Waals surface area (Å²) in [6.45, 7) is 3.77. The molecule has 0 aromatic heterocycles. The van der Waals surface area contributed by atoms with Crippen LogP contribution in [-0.4, -0.2) is 21.0 Å². The van der Waals surface area contributed by atoms with Crippen molar-refractivity contribution in [2.45, 2.75) is 19.6 Å². The summed E-state index contributed by atoms with van der Waals surface area (Å²) in [5, 5.41) is 0. The zero-order valence-corrected chi connectivity index (χ0v) is 13.9. The molecule has 0 unspecified atom stereocenters. The normalized spacial score (nSPS) is 11.0. The van der Waals surface area contributed by atoms with Crippen molar-refractivity contribution in [2.75, 3.05) is 11.3 Å². The van der Waals surface area contributed by atoms with Crippen molar-refractivity contribution in [3.63, 3.8) is 0 Å². The van der Waals surface area contributed by atoms with Gasteiger partial charge in [0.2, 0.25) is 10.0 Å². The predicted octanol–water partition coefficient (Wildman–Crippen LogP) is 3.11. The zero-order chi connectivity index (χ0) is 16.9. The van der Waals surface area contributed by atoms with Gasteiger partial charge in [0.15, 0.2) is 0 Å². The second kappa shape index (κ2) is 7.28. The molecule has 0 fully saturated rings. The number of ether oxygens (including phenoxy) is 1. The Bertz CT molecular complexity index is 785. The topological polar surface area (TPSA) is 72.5 Å². The summed E-state index contributed by atoms with van der Waals surface area (Å²) in [7, 11) is -3.52. The van der Waals surface area contributed by atoms with E-state index < -0.39 is 16.0 Å². The highest BCUT2D eigenvalue weighted by atomic mass is 32.2. The number of anilines is 1. The van der Waals surface area contributed by atoms with Gasteiger partial charge in [-0.15, -0.1) is 0 Å². The molecule has 5 nitrogen and oxygen atoms in total. The van der Waals surface area contributed by atoms with Crippen LogP contribution in [0.5, 0.6) is 0 Å². The van der Waals surface area contributed by atoms with E-state index in [-0.39, 0.29) is 5.75 Å². The molecule has 0 saturated carbocycles. The maximum Gasteiger partial charge on any atom is 0.338 e. The second-order valence-corrected chi connectivity index (χ2v) is 6.82. The van der Waals surface area contributed by atoms with Gasteiger partial charge >= 0.3 is 5.97 Å². The van der Waals surface area contributed by atoms with Gasteiger partial charge in [-0.25, -0.2) is 13.2 Å². The van der Waals surface area contributed by atoms with Crippen molar-refractivity contribution in [3.8, 4) is 0 Å². The molecule has 0 aliphatic rings. The largest absolute Gasteiger partial charge is 0.462 e. The first-order valence-electron chi connectivity index (χ1n) is 7.23. The van der Waals surface area contributed by atoms with Gasteiger partial charge in [-0.1, -0.05) is 30.3 Å². The van der Waals surface area contributed by atoms with Gasteiger partial charge < -0.3 is 4.74 Å². The maximum absolute atomic E-state index is 12.2. The molecular formula is C17H19NO4S. The minimum absolute atomic E-state index is 0.104. The van der Waals surface area contributed by atoms with Crippen LogP contribution in [0.3, 0.4) is 0 Å². The molecular weight excluding hydrogens is 314 g/mol. The Labute approximate surface area is 136 Å². The number of aryl methyl sites for hydroxylation is 1. The molecule has 0 bridgehead atoms. The monoisotopic (exact) mass is 333 g/mol. The lowest BCUT2D eigenvalue weighted by molar-refractivity contribution is 0.0526. The van der Waals surface area contributed by atoms with Crippen molar-refractivity contribution in [1.29, 1.82) is 0 Å². The summed E-state index contributed by atoms with van der Waals surface area (Å²) >= 11 is 0. The van der Waals surface area contributed by atoms with Gasteiger partial charge in [0.05, 0.1) is 23.6 Å². The van der Waals surface area contributed by atoms with Gasteiger partial charge in [0.1, 0.15) is 0 Å². The average molecular weight is 333 g/mol. The van der Waals surface area contributed by atoms with E-state index in [1.807, 2.05) is 6.07 Å². The van der Waals surface area contributed by atoms with Gasteiger partial charge in [-0.3, -0.25) is 4.72 Å². The number of rotatable bonds is 6. The molecule has 122 valence electrons. The SMILES string of the molecule is CCOC(=O)c1ccc(NS(=O)(=O)Cc2ccccc2)c(C)c1. The fraction of sp³-hybridized carbons (Fsp3) is 0.235. The number of sulfonamides is 1. The Morgan fingerprint density at radius 2 is 1.83 bits per heavy atom. The van der Waals surface area contributed by atoms with E-state index in [1.54, 1.807) is 56.3 Å². The number of carbonyl (C=O) groups excluding carboxylic acids is 1. The lowest BCUT2D eigenvalue weighted by atomic mass is 10.1. The van der Waals surface area contributed by atoms with E-state index in [2.05, 4.69) is 4.72 Å². The molecule has 23 heavy (non-hydrogen) atoms. The average Bonchev–Trinajstić information content (AvgIpc) is 2.50. The third kappa shape index (κ3) is 4.82. The Kier molecular flexibility index (Phi) is 5.39. The van der Waals surface area contributed by atoms with Crippen LogP contribution in [-0.2, 0) is 20.5 Å². The lowest BCUT2D eigenvalue weighted by Crippen LogP contribution is -2.16.